The molecule has 1 heterocycles. The first kappa shape index (κ1) is 25.0. The zero-order valence-electron chi connectivity index (χ0n) is 19.8. The van der Waals surface area contributed by atoms with E-state index in [1.165, 1.54) is 38.1 Å². The lowest BCUT2D eigenvalue weighted by molar-refractivity contribution is -0.147. The molecule has 1 amide bonds. The van der Waals surface area contributed by atoms with E-state index >= 15 is 0 Å². The number of carbonyl (C=O) groups is 3. The molecule has 1 fully saturated rings. The molecule has 0 aliphatic carbocycles. The number of amides is 1. The standard InChI is InChI=1S/C28H25F2NO5/c1-17(32)35-24-13-5-20(6-14-24)27-25(28(34)31(27)23-11-9-22(30)10-12-23)15-16-26(36-18(2)33)19-3-7-21(29)8-4-19/h3-14,25-27H,15-16H2,1-2H3/t25-,26-,27+/m0/s1. The van der Waals surface area contributed by atoms with Gasteiger partial charge in [-0.05, 0) is 72.5 Å². The van der Waals surface area contributed by atoms with E-state index in [1.807, 2.05) is 0 Å². The molecule has 0 spiro atoms. The third-order valence-electron chi connectivity index (χ3n) is 6.09. The van der Waals surface area contributed by atoms with Crippen molar-refractivity contribution in [1.82, 2.24) is 0 Å². The van der Waals surface area contributed by atoms with E-state index in [4.69, 9.17) is 9.47 Å². The van der Waals surface area contributed by atoms with Crippen LogP contribution in [0.3, 0.4) is 0 Å². The van der Waals surface area contributed by atoms with Gasteiger partial charge in [0, 0.05) is 19.5 Å². The minimum atomic E-state index is -0.636. The van der Waals surface area contributed by atoms with Gasteiger partial charge in [-0.3, -0.25) is 14.4 Å². The van der Waals surface area contributed by atoms with Crippen LogP contribution in [0, 0.1) is 17.6 Å². The lowest BCUT2D eigenvalue weighted by Crippen LogP contribution is -2.55. The lowest BCUT2D eigenvalue weighted by Gasteiger charge is -2.48. The first-order valence-electron chi connectivity index (χ1n) is 11.5. The fourth-order valence-corrected chi connectivity index (χ4v) is 4.50. The highest BCUT2D eigenvalue weighted by molar-refractivity contribution is 6.03. The molecule has 0 unspecified atom stereocenters. The van der Waals surface area contributed by atoms with Gasteiger partial charge in [0.15, 0.2) is 0 Å². The minimum absolute atomic E-state index is 0.142. The van der Waals surface area contributed by atoms with Gasteiger partial charge in [-0.25, -0.2) is 8.78 Å². The fraction of sp³-hybridized carbons (Fsp3) is 0.250. The number of hydrogen-bond donors (Lipinski definition) is 0. The van der Waals surface area contributed by atoms with Crippen LogP contribution in [-0.4, -0.2) is 17.8 Å². The second-order valence-electron chi connectivity index (χ2n) is 8.63. The first-order valence-corrected chi connectivity index (χ1v) is 11.5. The van der Waals surface area contributed by atoms with E-state index in [1.54, 1.807) is 53.4 Å². The van der Waals surface area contributed by atoms with Crippen LogP contribution in [0.15, 0.2) is 72.8 Å². The number of β-lactam (4-membered cyclic amide) rings is 1. The molecule has 3 atom stereocenters. The Labute approximate surface area is 207 Å². The highest BCUT2D eigenvalue weighted by Gasteiger charge is 2.48. The summed E-state index contributed by atoms with van der Waals surface area (Å²) in [5.41, 5.74) is 2.00. The maximum atomic E-state index is 13.5. The van der Waals surface area contributed by atoms with Gasteiger partial charge < -0.3 is 14.4 Å². The van der Waals surface area contributed by atoms with Crippen molar-refractivity contribution in [1.29, 1.82) is 0 Å². The average Bonchev–Trinajstić information content (AvgIpc) is 2.83. The Morgan fingerprint density at radius 2 is 1.44 bits per heavy atom. The molecular formula is C28H25F2NO5. The molecule has 8 heteroatoms. The summed E-state index contributed by atoms with van der Waals surface area (Å²) in [4.78, 5) is 37.8. The Kier molecular flexibility index (Phi) is 7.43. The van der Waals surface area contributed by atoms with Gasteiger partial charge in [0.25, 0.3) is 0 Å². The van der Waals surface area contributed by atoms with E-state index in [0.29, 0.717) is 29.8 Å². The van der Waals surface area contributed by atoms with Crippen LogP contribution < -0.4 is 9.64 Å². The summed E-state index contributed by atoms with van der Waals surface area (Å²) in [5, 5.41) is 0. The first-order chi connectivity index (χ1) is 17.2. The lowest BCUT2D eigenvalue weighted by atomic mass is 9.78. The molecule has 0 saturated carbocycles. The quantitative estimate of drug-likeness (QED) is 0.229. The van der Waals surface area contributed by atoms with Crippen molar-refractivity contribution in [2.75, 3.05) is 4.90 Å². The van der Waals surface area contributed by atoms with Gasteiger partial charge in [-0.1, -0.05) is 24.3 Å². The molecule has 6 nitrogen and oxygen atoms in total. The zero-order valence-corrected chi connectivity index (χ0v) is 19.8. The van der Waals surface area contributed by atoms with Crippen LogP contribution in [0.5, 0.6) is 5.75 Å². The topological polar surface area (TPSA) is 72.9 Å². The van der Waals surface area contributed by atoms with Crippen molar-refractivity contribution < 1.29 is 32.6 Å². The average molecular weight is 494 g/mol. The van der Waals surface area contributed by atoms with Crippen molar-refractivity contribution in [3.8, 4) is 5.75 Å². The molecule has 1 aliphatic rings. The Morgan fingerprint density at radius 1 is 0.861 bits per heavy atom. The van der Waals surface area contributed by atoms with Crippen LogP contribution in [0.4, 0.5) is 14.5 Å². The molecule has 0 aromatic heterocycles. The molecular weight excluding hydrogens is 468 g/mol. The highest BCUT2D eigenvalue weighted by atomic mass is 19.1. The third kappa shape index (κ3) is 5.59. The summed E-state index contributed by atoms with van der Waals surface area (Å²) in [7, 11) is 0. The molecule has 3 aromatic carbocycles. The smallest absolute Gasteiger partial charge is 0.308 e. The molecule has 186 valence electrons. The summed E-state index contributed by atoms with van der Waals surface area (Å²) in [6, 6.07) is 17.9. The molecule has 1 aliphatic heterocycles. The van der Waals surface area contributed by atoms with Gasteiger partial charge in [-0.2, -0.15) is 0 Å². The number of halogens is 2. The number of carbonyl (C=O) groups excluding carboxylic acids is 3. The zero-order chi connectivity index (χ0) is 25.8. The molecule has 0 bridgehead atoms. The number of benzene rings is 3. The van der Waals surface area contributed by atoms with E-state index in [9.17, 15) is 23.2 Å². The maximum Gasteiger partial charge on any atom is 0.308 e. The van der Waals surface area contributed by atoms with Gasteiger partial charge in [0.2, 0.25) is 5.91 Å². The SMILES string of the molecule is CC(=O)Oc1ccc([C@@H]2[C@H](CC[C@H](OC(C)=O)c3ccc(F)cc3)C(=O)N2c2ccc(F)cc2)cc1. The normalized spacial score (nSPS) is 17.8. The van der Waals surface area contributed by atoms with Crippen LogP contribution in [0.1, 0.15) is 50.0 Å². The minimum Gasteiger partial charge on any atom is -0.458 e. The molecule has 36 heavy (non-hydrogen) atoms. The number of esters is 2. The Balaban J connectivity index is 1.59. The van der Waals surface area contributed by atoms with E-state index in [2.05, 4.69) is 0 Å². The van der Waals surface area contributed by atoms with Gasteiger partial charge in [-0.15, -0.1) is 0 Å². The summed E-state index contributed by atoms with van der Waals surface area (Å²) < 4.78 is 37.5. The number of hydrogen-bond acceptors (Lipinski definition) is 5. The van der Waals surface area contributed by atoms with Gasteiger partial charge in [0.1, 0.15) is 23.5 Å². The van der Waals surface area contributed by atoms with Crippen molar-refractivity contribution in [2.45, 2.75) is 38.8 Å². The van der Waals surface area contributed by atoms with Gasteiger partial charge in [0.05, 0.1) is 12.0 Å². The van der Waals surface area contributed by atoms with Crippen LogP contribution in [-0.2, 0) is 19.1 Å². The molecule has 0 radical (unpaired) electrons. The number of nitrogens with zero attached hydrogens (tertiary/aromatic N) is 1. The Hall–Kier alpha value is -4.07. The predicted molar refractivity (Wildman–Crippen MR) is 128 cm³/mol. The summed E-state index contributed by atoms with van der Waals surface area (Å²) in [6.45, 7) is 2.61. The van der Waals surface area contributed by atoms with Crippen LogP contribution in [0.2, 0.25) is 0 Å². The summed E-state index contributed by atoms with van der Waals surface area (Å²) in [5.74, 6) is -1.92. The second kappa shape index (κ2) is 10.7. The van der Waals surface area contributed by atoms with Crippen LogP contribution >= 0.6 is 0 Å². The second-order valence-corrected chi connectivity index (χ2v) is 8.63. The Bertz CT molecular complexity index is 1240. The third-order valence-corrected chi connectivity index (χ3v) is 6.09. The molecule has 0 N–H and O–H groups in total. The summed E-state index contributed by atoms with van der Waals surface area (Å²) in [6.07, 6.45) is 0.103. The maximum absolute atomic E-state index is 13.5. The van der Waals surface area contributed by atoms with Crippen LogP contribution in [0.25, 0.3) is 0 Å². The highest BCUT2D eigenvalue weighted by Crippen LogP contribution is 2.46. The van der Waals surface area contributed by atoms with E-state index in [0.717, 1.165) is 5.56 Å². The van der Waals surface area contributed by atoms with E-state index in [-0.39, 0.29) is 11.9 Å². The van der Waals surface area contributed by atoms with Gasteiger partial charge >= 0.3 is 11.9 Å². The van der Waals surface area contributed by atoms with Crippen molar-refractivity contribution in [3.05, 3.63) is 95.6 Å². The summed E-state index contributed by atoms with van der Waals surface area (Å²) >= 11 is 0. The Morgan fingerprint density at radius 3 is 2.00 bits per heavy atom. The van der Waals surface area contributed by atoms with Crippen molar-refractivity contribution in [3.63, 3.8) is 0 Å². The number of anilines is 1. The fourth-order valence-electron chi connectivity index (χ4n) is 4.50. The van der Waals surface area contributed by atoms with Crippen molar-refractivity contribution >= 4 is 23.5 Å². The van der Waals surface area contributed by atoms with Crippen molar-refractivity contribution in [2.24, 2.45) is 5.92 Å². The molecule has 3 aromatic rings. The molecule has 1 saturated heterocycles. The molecule has 4 rings (SSSR count). The predicted octanol–water partition coefficient (Wildman–Crippen LogP) is 5.68. The largest absolute Gasteiger partial charge is 0.458 e. The number of ether oxygens (including phenoxy) is 2. The monoisotopic (exact) mass is 493 g/mol. The van der Waals surface area contributed by atoms with E-state index < -0.39 is 35.6 Å². The number of rotatable bonds is 8.